The SMILES string of the molecule is C=CCN(CC=C)[C@H](C#Cc1ccccc1)c1cccnc1. The van der Waals surface area contributed by atoms with Crippen LogP contribution in [0.15, 0.2) is 80.2 Å². The van der Waals surface area contributed by atoms with Gasteiger partial charge in [0.05, 0.1) is 6.04 Å². The molecule has 1 heterocycles. The number of aromatic nitrogens is 1. The first-order valence-electron chi connectivity index (χ1n) is 7.27. The van der Waals surface area contributed by atoms with E-state index in [0.717, 1.165) is 24.2 Å². The summed E-state index contributed by atoms with van der Waals surface area (Å²) in [6, 6.07) is 14.0. The molecule has 2 aromatic rings. The molecular formula is C20H20N2. The molecule has 2 heteroatoms. The summed E-state index contributed by atoms with van der Waals surface area (Å²) >= 11 is 0. The van der Waals surface area contributed by atoms with Crippen LogP contribution in [-0.4, -0.2) is 23.0 Å². The van der Waals surface area contributed by atoms with Crippen LogP contribution in [0.5, 0.6) is 0 Å². The third-order valence-electron chi connectivity index (χ3n) is 3.22. The predicted octanol–water partition coefficient (Wildman–Crippen LogP) is 3.85. The number of nitrogens with zero attached hydrogens (tertiary/aromatic N) is 2. The second-order valence-electron chi connectivity index (χ2n) is 4.86. The maximum Gasteiger partial charge on any atom is 0.0994 e. The highest BCUT2D eigenvalue weighted by Crippen LogP contribution is 2.19. The molecule has 2 rings (SSSR count). The fraction of sp³-hybridized carbons (Fsp3) is 0.150. The highest BCUT2D eigenvalue weighted by Gasteiger charge is 2.16. The van der Waals surface area contributed by atoms with E-state index < -0.39 is 0 Å². The van der Waals surface area contributed by atoms with Crippen LogP contribution in [0.1, 0.15) is 17.2 Å². The Morgan fingerprint density at radius 3 is 2.36 bits per heavy atom. The number of rotatable bonds is 6. The maximum atomic E-state index is 4.22. The first-order valence-corrected chi connectivity index (χ1v) is 7.27. The van der Waals surface area contributed by atoms with Crippen LogP contribution in [0.3, 0.4) is 0 Å². The first kappa shape index (κ1) is 15.8. The quantitative estimate of drug-likeness (QED) is 0.593. The standard InChI is InChI=1S/C20H20N2/c1-3-15-22(16-4-2)20(19-11-8-14-21-17-19)13-12-18-9-6-5-7-10-18/h3-11,14,17,20H,1-2,15-16H2/t20-/m1/s1. The molecule has 22 heavy (non-hydrogen) atoms. The minimum absolute atomic E-state index is 0.0371. The minimum atomic E-state index is -0.0371. The summed E-state index contributed by atoms with van der Waals surface area (Å²) in [5, 5.41) is 0. The van der Waals surface area contributed by atoms with E-state index in [2.05, 4.69) is 40.9 Å². The first-order chi connectivity index (χ1) is 10.8. The number of hydrogen-bond donors (Lipinski definition) is 0. The van der Waals surface area contributed by atoms with Crippen molar-refractivity contribution in [2.45, 2.75) is 6.04 Å². The Hall–Kier alpha value is -2.63. The highest BCUT2D eigenvalue weighted by atomic mass is 15.1. The monoisotopic (exact) mass is 288 g/mol. The third-order valence-corrected chi connectivity index (χ3v) is 3.22. The molecule has 0 saturated heterocycles. The zero-order valence-electron chi connectivity index (χ0n) is 12.7. The summed E-state index contributed by atoms with van der Waals surface area (Å²) in [6.45, 7) is 9.16. The van der Waals surface area contributed by atoms with Crippen molar-refractivity contribution in [3.63, 3.8) is 0 Å². The molecule has 0 spiro atoms. The van der Waals surface area contributed by atoms with Gasteiger partial charge in [0.2, 0.25) is 0 Å². The van der Waals surface area contributed by atoms with E-state index in [1.165, 1.54) is 0 Å². The summed E-state index contributed by atoms with van der Waals surface area (Å²) in [5.74, 6) is 6.61. The summed E-state index contributed by atoms with van der Waals surface area (Å²) < 4.78 is 0. The molecule has 1 atom stereocenters. The largest absolute Gasteiger partial charge is 0.279 e. The van der Waals surface area contributed by atoms with Crippen molar-refractivity contribution < 1.29 is 0 Å². The van der Waals surface area contributed by atoms with Gasteiger partial charge in [-0.15, -0.1) is 13.2 Å². The van der Waals surface area contributed by atoms with Gasteiger partial charge in [-0.05, 0) is 23.8 Å². The van der Waals surface area contributed by atoms with Gasteiger partial charge in [-0.3, -0.25) is 9.88 Å². The average molecular weight is 288 g/mol. The fourth-order valence-electron chi connectivity index (χ4n) is 2.21. The van der Waals surface area contributed by atoms with Crippen LogP contribution >= 0.6 is 0 Å². The molecule has 1 aromatic carbocycles. The van der Waals surface area contributed by atoms with Crippen molar-refractivity contribution >= 4 is 0 Å². The second kappa shape index (κ2) is 8.61. The van der Waals surface area contributed by atoms with Crippen LogP contribution in [-0.2, 0) is 0 Å². The fourth-order valence-corrected chi connectivity index (χ4v) is 2.21. The lowest BCUT2D eigenvalue weighted by Gasteiger charge is -2.26. The highest BCUT2D eigenvalue weighted by molar-refractivity contribution is 5.37. The smallest absolute Gasteiger partial charge is 0.0994 e. The number of pyridine rings is 1. The Kier molecular flexibility index (Phi) is 6.17. The molecule has 0 saturated carbocycles. The molecule has 0 fully saturated rings. The molecule has 0 unspecified atom stereocenters. The van der Waals surface area contributed by atoms with Gasteiger partial charge in [-0.25, -0.2) is 0 Å². The number of hydrogen-bond acceptors (Lipinski definition) is 2. The molecule has 0 amide bonds. The predicted molar refractivity (Wildman–Crippen MR) is 92.3 cm³/mol. The van der Waals surface area contributed by atoms with Gasteiger partial charge in [-0.1, -0.05) is 48.3 Å². The van der Waals surface area contributed by atoms with E-state index in [1.807, 2.05) is 54.7 Å². The number of benzene rings is 1. The summed E-state index contributed by atoms with van der Waals surface area (Å²) in [4.78, 5) is 6.43. The van der Waals surface area contributed by atoms with E-state index in [-0.39, 0.29) is 6.04 Å². The zero-order chi connectivity index (χ0) is 15.6. The zero-order valence-corrected chi connectivity index (χ0v) is 12.7. The van der Waals surface area contributed by atoms with Gasteiger partial charge in [0.15, 0.2) is 0 Å². The molecule has 1 aromatic heterocycles. The molecule has 0 N–H and O–H groups in total. The lowest BCUT2D eigenvalue weighted by Crippen LogP contribution is -2.28. The Morgan fingerprint density at radius 1 is 1.05 bits per heavy atom. The van der Waals surface area contributed by atoms with E-state index >= 15 is 0 Å². The Bertz CT molecular complexity index is 640. The van der Waals surface area contributed by atoms with Crippen LogP contribution < -0.4 is 0 Å². The Labute approximate surface area is 132 Å². The summed E-state index contributed by atoms with van der Waals surface area (Å²) in [5.41, 5.74) is 2.09. The molecule has 110 valence electrons. The van der Waals surface area contributed by atoms with Crippen LogP contribution in [0.25, 0.3) is 0 Å². The summed E-state index contributed by atoms with van der Waals surface area (Å²) in [6.07, 6.45) is 7.41. The van der Waals surface area contributed by atoms with Gasteiger partial charge in [0, 0.05) is 31.0 Å². The van der Waals surface area contributed by atoms with Crippen LogP contribution in [0.4, 0.5) is 0 Å². The van der Waals surface area contributed by atoms with Gasteiger partial charge >= 0.3 is 0 Å². The normalized spacial score (nSPS) is 11.3. The van der Waals surface area contributed by atoms with Crippen molar-refractivity contribution in [1.82, 2.24) is 9.88 Å². The van der Waals surface area contributed by atoms with Crippen molar-refractivity contribution in [2.24, 2.45) is 0 Å². The Balaban J connectivity index is 2.35. The molecule has 0 aliphatic carbocycles. The van der Waals surface area contributed by atoms with E-state index in [0.29, 0.717) is 0 Å². The van der Waals surface area contributed by atoms with Gasteiger partial charge in [-0.2, -0.15) is 0 Å². The Morgan fingerprint density at radius 2 is 1.77 bits per heavy atom. The molecular weight excluding hydrogens is 268 g/mol. The maximum absolute atomic E-state index is 4.22. The van der Waals surface area contributed by atoms with Crippen molar-refractivity contribution in [2.75, 3.05) is 13.1 Å². The molecule has 0 aliphatic heterocycles. The minimum Gasteiger partial charge on any atom is -0.279 e. The summed E-state index contributed by atoms with van der Waals surface area (Å²) in [7, 11) is 0. The van der Waals surface area contributed by atoms with Crippen LogP contribution in [0.2, 0.25) is 0 Å². The second-order valence-corrected chi connectivity index (χ2v) is 4.86. The molecule has 2 nitrogen and oxygen atoms in total. The molecule has 0 radical (unpaired) electrons. The van der Waals surface area contributed by atoms with E-state index in [4.69, 9.17) is 0 Å². The molecule has 0 aliphatic rings. The van der Waals surface area contributed by atoms with Crippen molar-refractivity contribution in [1.29, 1.82) is 0 Å². The van der Waals surface area contributed by atoms with E-state index in [9.17, 15) is 0 Å². The lowest BCUT2D eigenvalue weighted by atomic mass is 10.1. The lowest BCUT2D eigenvalue weighted by molar-refractivity contribution is 0.293. The van der Waals surface area contributed by atoms with Gasteiger partial charge < -0.3 is 0 Å². The van der Waals surface area contributed by atoms with Gasteiger partial charge in [0.25, 0.3) is 0 Å². The average Bonchev–Trinajstić information content (AvgIpc) is 2.57. The third kappa shape index (κ3) is 4.44. The molecule has 0 bridgehead atoms. The van der Waals surface area contributed by atoms with E-state index in [1.54, 1.807) is 6.20 Å². The van der Waals surface area contributed by atoms with Gasteiger partial charge in [0.1, 0.15) is 0 Å². The van der Waals surface area contributed by atoms with Crippen LogP contribution in [0, 0.1) is 11.8 Å². The topological polar surface area (TPSA) is 16.1 Å². The van der Waals surface area contributed by atoms with Crippen molar-refractivity contribution in [3.05, 3.63) is 91.3 Å². The van der Waals surface area contributed by atoms with Crippen molar-refractivity contribution in [3.8, 4) is 11.8 Å².